The van der Waals surface area contributed by atoms with Gasteiger partial charge in [-0.2, -0.15) is 0 Å². The van der Waals surface area contributed by atoms with Crippen molar-refractivity contribution in [3.8, 4) is 0 Å². The summed E-state index contributed by atoms with van der Waals surface area (Å²) in [5.74, 6) is 0.626. The van der Waals surface area contributed by atoms with Crippen LogP contribution >= 0.6 is 0 Å². The van der Waals surface area contributed by atoms with E-state index < -0.39 is 0 Å². The Hall–Kier alpha value is -0.860. The third-order valence-corrected chi connectivity index (χ3v) is 4.58. The number of ether oxygens (including phenoxy) is 1. The molecule has 2 N–H and O–H groups in total. The quantitative estimate of drug-likeness (QED) is 0.867. The van der Waals surface area contributed by atoms with Crippen molar-refractivity contribution in [2.75, 3.05) is 19.8 Å². The van der Waals surface area contributed by atoms with Gasteiger partial charge in [-0.05, 0) is 24.0 Å². The average molecular weight is 231 g/mol. The van der Waals surface area contributed by atoms with E-state index in [0.717, 1.165) is 19.8 Å². The molecule has 0 bridgehead atoms. The van der Waals surface area contributed by atoms with Crippen LogP contribution in [0.2, 0.25) is 0 Å². The fourth-order valence-electron chi connectivity index (χ4n) is 3.20. The highest BCUT2D eigenvalue weighted by Crippen LogP contribution is 2.40. The van der Waals surface area contributed by atoms with Crippen molar-refractivity contribution in [3.05, 3.63) is 35.4 Å². The highest BCUT2D eigenvalue weighted by atomic mass is 16.5. The van der Waals surface area contributed by atoms with Crippen molar-refractivity contribution in [2.45, 2.75) is 37.0 Å². The Morgan fingerprint density at radius 1 is 1.12 bits per heavy atom. The first-order valence-electron chi connectivity index (χ1n) is 6.72. The maximum atomic E-state index is 6.02. The minimum atomic E-state index is 0.272. The van der Waals surface area contributed by atoms with Crippen molar-refractivity contribution in [1.82, 2.24) is 0 Å². The van der Waals surface area contributed by atoms with Gasteiger partial charge in [-0.25, -0.2) is 0 Å². The second-order valence-corrected chi connectivity index (χ2v) is 5.55. The number of rotatable bonds is 3. The molecule has 2 fully saturated rings. The van der Waals surface area contributed by atoms with Crippen molar-refractivity contribution < 1.29 is 4.74 Å². The molecular weight excluding hydrogens is 210 g/mol. The Labute approximate surface area is 103 Å². The molecule has 92 valence electrons. The highest BCUT2D eigenvalue weighted by Gasteiger charge is 2.34. The smallest absolute Gasteiger partial charge is 0.0557 e. The Morgan fingerprint density at radius 2 is 1.76 bits per heavy atom. The van der Waals surface area contributed by atoms with Gasteiger partial charge in [-0.1, -0.05) is 37.1 Å². The molecule has 0 aromatic heterocycles. The van der Waals surface area contributed by atoms with E-state index in [9.17, 15) is 0 Å². The molecule has 1 saturated heterocycles. The van der Waals surface area contributed by atoms with Crippen LogP contribution in [-0.2, 0) is 10.2 Å². The molecule has 0 atom stereocenters. The molecule has 0 amide bonds. The molecule has 0 radical (unpaired) electrons. The minimum absolute atomic E-state index is 0.272. The van der Waals surface area contributed by atoms with Crippen LogP contribution in [0, 0.1) is 0 Å². The normalized spacial score (nSPS) is 23.6. The van der Waals surface area contributed by atoms with E-state index in [4.69, 9.17) is 10.5 Å². The lowest BCUT2D eigenvalue weighted by Crippen LogP contribution is -2.32. The summed E-state index contributed by atoms with van der Waals surface area (Å²) < 4.78 is 5.24. The Morgan fingerprint density at radius 3 is 2.24 bits per heavy atom. The number of benzene rings is 1. The largest absolute Gasteiger partial charge is 0.380 e. The van der Waals surface area contributed by atoms with E-state index in [2.05, 4.69) is 24.3 Å². The molecule has 1 aliphatic carbocycles. The van der Waals surface area contributed by atoms with Gasteiger partial charge in [0.05, 0.1) is 13.2 Å². The van der Waals surface area contributed by atoms with Gasteiger partial charge in [-0.3, -0.25) is 0 Å². The van der Waals surface area contributed by atoms with E-state index in [1.807, 2.05) is 0 Å². The first-order chi connectivity index (χ1) is 8.34. The summed E-state index contributed by atoms with van der Waals surface area (Å²) in [4.78, 5) is 0. The molecule has 1 aliphatic heterocycles. The lowest BCUT2D eigenvalue weighted by atomic mass is 9.78. The SMILES string of the molecule is NCC1(c2ccc(C3COC3)cc2)CCCC1. The molecule has 0 unspecified atom stereocenters. The molecular formula is C15H21NO. The molecule has 1 aromatic carbocycles. The van der Waals surface area contributed by atoms with Gasteiger partial charge in [-0.15, -0.1) is 0 Å². The van der Waals surface area contributed by atoms with E-state index in [1.165, 1.54) is 36.8 Å². The van der Waals surface area contributed by atoms with Crippen LogP contribution in [-0.4, -0.2) is 19.8 Å². The predicted octanol–water partition coefficient (Wildman–Crippen LogP) is 2.57. The number of hydrogen-bond acceptors (Lipinski definition) is 2. The van der Waals surface area contributed by atoms with E-state index in [1.54, 1.807) is 0 Å². The number of hydrogen-bond donors (Lipinski definition) is 1. The van der Waals surface area contributed by atoms with Gasteiger partial charge >= 0.3 is 0 Å². The van der Waals surface area contributed by atoms with E-state index >= 15 is 0 Å². The van der Waals surface area contributed by atoms with Crippen LogP contribution in [0.5, 0.6) is 0 Å². The zero-order valence-corrected chi connectivity index (χ0v) is 10.3. The number of nitrogens with two attached hydrogens (primary N) is 1. The summed E-state index contributed by atoms with van der Waals surface area (Å²) in [5, 5.41) is 0. The van der Waals surface area contributed by atoms with Crippen molar-refractivity contribution in [2.24, 2.45) is 5.73 Å². The Bertz CT molecular complexity index is 374. The average Bonchev–Trinajstić information content (AvgIpc) is 2.77. The summed E-state index contributed by atoms with van der Waals surface area (Å²) in [6, 6.07) is 9.15. The minimum Gasteiger partial charge on any atom is -0.380 e. The standard InChI is InChI=1S/C15H21NO/c16-11-15(7-1-2-8-15)14-5-3-12(4-6-14)13-9-17-10-13/h3-6,13H,1-2,7-11,16H2. The van der Waals surface area contributed by atoms with Crippen molar-refractivity contribution in [1.29, 1.82) is 0 Å². The molecule has 1 aromatic rings. The second kappa shape index (κ2) is 4.43. The van der Waals surface area contributed by atoms with E-state index in [0.29, 0.717) is 5.92 Å². The second-order valence-electron chi connectivity index (χ2n) is 5.55. The van der Waals surface area contributed by atoms with Crippen LogP contribution in [0.3, 0.4) is 0 Å². The predicted molar refractivity (Wildman–Crippen MR) is 69.2 cm³/mol. The Kier molecular flexibility index (Phi) is 2.93. The van der Waals surface area contributed by atoms with Crippen LogP contribution in [0.15, 0.2) is 24.3 Å². The molecule has 2 aliphatic rings. The summed E-state index contributed by atoms with van der Waals surface area (Å²) in [6.07, 6.45) is 5.18. The molecule has 1 heterocycles. The fourth-order valence-corrected chi connectivity index (χ4v) is 3.20. The lowest BCUT2D eigenvalue weighted by Gasteiger charge is -2.30. The van der Waals surface area contributed by atoms with Gasteiger partial charge in [0.15, 0.2) is 0 Å². The highest BCUT2D eigenvalue weighted by molar-refractivity contribution is 5.32. The fraction of sp³-hybridized carbons (Fsp3) is 0.600. The topological polar surface area (TPSA) is 35.2 Å². The van der Waals surface area contributed by atoms with Gasteiger partial charge in [0.1, 0.15) is 0 Å². The molecule has 1 saturated carbocycles. The van der Waals surface area contributed by atoms with Crippen molar-refractivity contribution >= 4 is 0 Å². The summed E-state index contributed by atoms with van der Waals surface area (Å²) in [5.41, 5.74) is 9.16. The first-order valence-corrected chi connectivity index (χ1v) is 6.72. The van der Waals surface area contributed by atoms with Gasteiger partial charge < -0.3 is 10.5 Å². The maximum Gasteiger partial charge on any atom is 0.0557 e. The third-order valence-electron chi connectivity index (χ3n) is 4.58. The third kappa shape index (κ3) is 1.90. The molecule has 17 heavy (non-hydrogen) atoms. The molecule has 3 rings (SSSR count). The molecule has 2 nitrogen and oxygen atoms in total. The molecule has 2 heteroatoms. The van der Waals surface area contributed by atoms with Crippen LogP contribution in [0.1, 0.15) is 42.7 Å². The van der Waals surface area contributed by atoms with E-state index in [-0.39, 0.29) is 5.41 Å². The first kappa shape index (κ1) is 11.2. The lowest BCUT2D eigenvalue weighted by molar-refractivity contribution is 0.00841. The summed E-state index contributed by atoms with van der Waals surface area (Å²) in [7, 11) is 0. The van der Waals surface area contributed by atoms with Crippen LogP contribution < -0.4 is 5.73 Å². The summed E-state index contributed by atoms with van der Waals surface area (Å²) in [6.45, 7) is 2.57. The van der Waals surface area contributed by atoms with Gasteiger partial charge in [0.25, 0.3) is 0 Å². The monoisotopic (exact) mass is 231 g/mol. The summed E-state index contributed by atoms with van der Waals surface area (Å²) >= 11 is 0. The zero-order valence-electron chi connectivity index (χ0n) is 10.3. The zero-order chi connectivity index (χ0) is 11.7. The van der Waals surface area contributed by atoms with Gasteiger partial charge in [0, 0.05) is 17.9 Å². The van der Waals surface area contributed by atoms with Crippen LogP contribution in [0.25, 0.3) is 0 Å². The maximum absolute atomic E-state index is 6.02. The van der Waals surface area contributed by atoms with Crippen molar-refractivity contribution in [3.63, 3.8) is 0 Å². The Balaban J connectivity index is 1.82. The van der Waals surface area contributed by atoms with Crippen LogP contribution in [0.4, 0.5) is 0 Å². The van der Waals surface area contributed by atoms with Gasteiger partial charge in [0.2, 0.25) is 0 Å². The molecule has 0 spiro atoms.